The zero-order chi connectivity index (χ0) is 22.2. The average molecular weight is 574 g/mol. The molecule has 0 amide bonds. The van der Waals surface area contributed by atoms with Gasteiger partial charge < -0.3 is 20.3 Å². The number of thioether (sulfide) groups is 1. The Bertz CT molecular complexity index is 873. The molecule has 0 bridgehead atoms. The first kappa shape index (κ1) is 26.7. The quantitative estimate of drug-likeness (QED) is 0.295. The molecular weight excluding hydrogens is 540 g/mol. The van der Waals surface area contributed by atoms with Crippen molar-refractivity contribution < 1.29 is 9.13 Å². The maximum Gasteiger partial charge on any atom is 0.191 e. The summed E-state index contributed by atoms with van der Waals surface area (Å²) in [6.07, 6.45) is 4.33. The summed E-state index contributed by atoms with van der Waals surface area (Å²) >= 11 is 1.68. The van der Waals surface area contributed by atoms with E-state index in [2.05, 4.69) is 51.5 Å². The Labute approximate surface area is 211 Å². The van der Waals surface area contributed by atoms with Crippen LogP contribution in [0, 0.1) is 5.82 Å². The molecule has 0 saturated carbocycles. The number of pyridine rings is 1. The molecule has 9 heteroatoms. The molecule has 1 aromatic heterocycles. The van der Waals surface area contributed by atoms with E-state index >= 15 is 0 Å². The molecule has 1 saturated heterocycles. The second kappa shape index (κ2) is 13.2. The third-order valence-electron chi connectivity index (χ3n) is 5.15. The predicted molar refractivity (Wildman–Crippen MR) is 143 cm³/mol. The van der Waals surface area contributed by atoms with E-state index in [4.69, 9.17) is 4.74 Å². The Hall–Kier alpha value is -1.59. The van der Waals surface area contributed by atoms with Crippen molar-refractivity contribution in [2.24, 2.45) is 4.99 Å². The van der Waals surface area contributed by atoms with Crippen molar-refractivity contribution in [2.75, 3.05) is 31.3 Å². The minimum atomic E-state index is -0.202. The molecule has 1 aromatic carbocycles. The van der Waals surface area contributed by atoms with Crippen LogP contribution in [-0.2, 0) is 23.6 Å². The van der Waals surface area contributed by atoms with Gasteiger partial charge in [-0.25, -0.2) is 9.37 Å². The highest BCUT2D eigenvalue weighted by Crippen LogP contribution is 2.19. The summed E-state index contributed by atoms with van der Waals surface area (Å²) in [5.74, 6) is 2.25. The fraction of sp³-hybridized carbons (Fsp3) is 0.478. The molecule has 1 aliphatic rings. The molecule has 1 aliphatic heterocycles. The molecule has 0 aliphatic carbocycles. The fourth-order valence-corrected chi connectivity index (χ4v) is 4.30. The van der Waals surface area contributed by atoms with Crippen LogP contribution in [0.4, 0.5) is 10.2 Å². The lowest BCUT2D eigenvalue weighted by Gasteiger charge is -2.36. The number of morpholine rings is 1. The van der Waals surface area contributed by atoms with Gasteiger partial charge in [-0.05, 0) is 55.0 Å². The third-order valence-corrected chi connectivity index (χ3v) is 5.75. The number of hydrogen-bond donors (Lipinski definition) is 2. The second-order valence-electron chi connectivity index (χ2n) is 7.81. The molecule has 6 nitrogen and oxygen atoms in total. The van der Waals surface area contributed by atoms with Crippen molar-refractivity contribution in [3.05, 3.63) is 59.0 Å². The largest absolute Gasteiger partial charge is 0.372 e. The van der Waals surface area contributed by atoms with Gasteiger partial charge in [0.25, 0.3) is 0 Å². The molecule has 1 fully saturated rings. The molecule has 2 heterocycles. The number of aromatic nitrogens is 1. The average Bonchev–Trinajstić information content (AvgIpc) is 2.75. The Balaban J connectivity index is 0.00000363. The Morgan fingerprint density at radius 1 is 1.16 bits per heavy atom. The molecule has 2 atom stereocenters. The van der Waals surface area contributed by atoms with Crippen LogP contribution >= 0.6 is 35.7 Å². The van der Waals surface area contributed by atoms with Gasteiger partial charge in [0.2, 0.25) is 0 Å². The topological polar surface area (TPSA) is 61.8 Å². The molecule has 2 aromatic rings. The lowest BCUT2D eigenvalue weighted by molar-refractivity contribution is -0.00545. The second-order valence-corrected chi connectivity index (χ2v) is 8.68. The van der Waals surface area contributed by atoms with Crippen LogP contribution in [0.25, 0.3) is 0 Å². The number of hydrogen-bond acceptors (Lipinski definition) is 5. The molecule has 2 N–H and O–H groups in total. The van der Waals surface area contributed by atoms with Crippen molar-refractivity contribution in [1.82, 2.24) is 15.6 Å². The Kier molecular flexibility index (Phi) is 11.0. The van der Waals surface area contributed by atoms with Crippen LogP contribution in [0.15, 0.2) is 41.5 Å². The van der Waals surface area contributed by atoms with Crippen LogP contribution in [0.3, 0.4) is 0 Å². The smallest absolute Gasteiger partial charge is 0.191 e. The van der Waals surface area contributed by atoms with Gasteiger partial charge in [0.05, 0.1) is 12.2 Å². The van der Waals surface area contributed by atoms with Gasteiger partial charge in [-0.1, -0.05) is 12.1 Å². The van der Waals surface area contributed by atoms with Crippen LogP contribution in [0.1, 0.15) is 30.5 Å². The highest BCUT2D eigenvalue weighted by Gasteiger charge is 2.22. The number of benzene rings is 1. The van der Waals surface area contributed by atoms with Gasteiger partial charge in [0.1, 0.15) is 11.6 Å². The minimum Gasteiger partial charge on any atom is -0.372 e. The van der Waals surface area contributed by atoms with E-state index in [1.165, 1.54) is 6.07 Å². The number of rotatable bonds is 7. The highest BCUT2D eigenvalue weighted by atomic mass is 127. The maximum atomic E-state index is 13.5. The number of anilines is 1. The van der Waals surface area contributed by atoms with E-state index in [1.807, 2.05) is 18.5 Å². The summed E-state index contributed by atoms with van der Waals surface area (Å²) in [6.45, 7) is 7.09. The first-order valence-corrected chi connectivity index (χ1v) is 11.9. The lowest BCUT2D eigenvalue weighted by Crippen LogP contribution is -2.45. The monoisotopic (exact) mass is 573 g/mol. The number of aliphatic imine (C=N–C) groups is 1. The van der Waals surface area contributed by atoms with Gasteiger partial charge >= 0.3 is 0 Å². The van der Waals surface area contributed by atoms with Crippen molar-refractivity contribution >= 4 is 47.5 Å². The van der Waals surface area contributed by atoms with E-state index in [-0.39, 0.29) is 42.0 Å². The summed E-state index contributed by atoms with van der Waals surface area (Å²) in [5.41, 5.74) is 3.14. The normalized spacial score (nSPS) is 18.8. The van der Waals surface area contributed by atoms with Crippen LogP contribution in [0.5, 0.6) is 0 Å². The number of guanidine groups is 1. The fourth-order valence-electron chi connectivity index (χ4n) is 3.72. The van der Waals surface area contributed by atoms with E-state index in [0.717, 1.165) is 41.4 Å². The third kappa shape index (κ3) is 7.77. The van der Waals surface area contributed by atoms with Gasteiger partial charge in [-0.2, -0.15) is 11.8 Å². The van der Waals surface area contributed by atoms with Crippen molar-refractivity contribution in [3.63, 3.8) is 0 Å². The number of ether oxygens (including phenoxy) is 1. The zero-order valence-electron chi connectivity index (χ0n) is 19.1. The van der Waals surface area contributed by atoms with Gasteiger partial charge in [0, 0.05) is 45.2 Å². The lowest BCUT2D eigenvalue weighted by atomic mass is 10.1. The Morgan fingerprint density at radius 2 is 1.88 bits per heavy atom. The van der Waals surface area contributed by atoms with Gasteiger partial charge in [-0.3, -0.25) is 4.99 Å². The molecule has 0 radical (unpaired) electrons. The maximum absolute atomic E-state index is 13.5. The number of halogens is 2. The SMILES string of the molecule is CN=C(NCc1ccc(N2CC(C)OC(C)C2)nc1)NCc1ccc(F)cc1CSC.I. The first-order chi connectivity index (χ1) is 15.0. The Morgan fingerprint density at radius 3 is 2.50 bits per heavy atom. The molecular formula is C23H33FIN5OS. The van der Waals surface area contributed by atoms with E-state index in [0.29, 0.717) is 19.0 Å². The molecule has 32 heavy (non-hydrogen) atoms. The summed E-state index contributed by atoms with van der Waals surface area (Å²) < 4.78 is 19.3. The van der Waals surface area contributed by atoms with Crippen molar-refractivity contribution in [3.8, 4) is 0 Å². The summed E-state index contributed by atoms with van der Waals surface area (Å²) in [7, 11) is 1.74. The number of nitrogens with one attached hydrogen (secondary N) is 2. The van der Waals surface area contributed by atoms with Crippen LogP contribution < -0.4 is 15.5 Å². The molecule has 176 valence electrons. The standard InChI is InChI=1S/C23H32FN5OS.HI/c1-16-13-29(14-17(2)30-16)22-8-5-18(10-26-22)11-27-23(25-3)28-12-19-6-7-21(24)9-20(19)15-31-4;/h5-10,16-17H,11-15H2,1-4H3,(H2,25,27,28);1H. The van der Waals surface area contributed by atoms with Crippen molar-refractivity contribution in [2.45, 2.75) is 44.9 Å². The predicted octanol–water partition coefficient (Wildman–Crippen LogP) is 4.18. The van der Waals surface area contributed by atoms with E-state index in [9.17, 15) is 4.39 Å². The van der Waals surface area contributed by atoms with E-state index < -0.39 is 0 Å². The zero-order valence-corrected chi connectivity index (χ0v) is 22.2. The van der Waals surface area contributed by atoms with Crippen molar-refractivity contribution in [1.29, 1.82) is 0 Å². The van der Waals surface area contributed by atoms with Crippen LogP contribution in [0.2, 0.25) is 0 Å². The van der Waals surface area contributed by atoms with E-state index in [1.54, 1.807) is 24.9 Å². The van der Waals surface area contributed by atoms with Gasteiger partial charge in [0.15, 0.2) is 5.96 Å². The summed E-state index contributed by atoms with van der Waals surface area (Å²) in [5, 5.41) is 6.63. The van der Waals surface area contributed by atoms with Crippen LogP contribution in [-0.4, -0.2) is 49.5 Å². The minimum absolute atomic E-state index is 0. The summed E-state index contributed by atoms with van der Waals surface area (Å²) in [4.78, 5) is 11.2. The first-order valence-electron chi connectivity index (χ1n) is 10.5. The molecule has 3 rings (SSSR count). The van der Waals surface area contributed by atoms with Gasteiger partial charge in [-0.15, -0.1) is 24.0 Å². The molecule has 2 unspecified atom stereocenters. The highest BCUT2D eigenvalue weighted by molar-refractivity contribution is 14.0. The molecule has 0 spiro atoms. The number of nitrogens with zero attached hydrogens (tertiary/aromatic N) is 3. The summed E-state index contributed by atoms with van der Waals surface area (Å²) in [6, 6.07) is 9.08.